The van der Waals surface area contributed by atoms with E-state index in [2.05, 4.69) is 10.2 Å². The molecule has 23 heavy (non-hydrogen) atoms. The topological polar surface area (TPSA) is 41.6 Å². The highest BCUT2D eigenvalue weighted by molar-refractivity contribution is 5.78. The largest absolute Gasteiger partial charge is 0.383 e. The van der Waals surface area contributed by atoms with Crippen LogP contribution in [0.4, 0.5) is 8.78 Å². The third kappa shape index (κ3) is 5.88. The van der Waals surface area contributed by atoms with Gasteiger partial charge in [-0.15, -0.1) is 0 Å². The van der Waals surface area contributed by atoms with Crippen molar-refractivity contribution in [1.82, 2.24) is 10.2 Å². The van der Waals surface area contributed by atoms with E-state index in [9.17, 15) is 13.6 Å². The molecule has 0 aromatic heterocycles. The average Bonchev–Trinajstić information content (AvgIpc) is 2.54. The summed E-state index contributed by atoms with van der Waals surface area (Å²) in [6, 6.07) is 6.22. The molecule has 1 aliphatic rings. The van der Waals surface area contributed by atoms with Crippen LogP contribution in [0.5, 0.6) is 0 Å². The Morgan fingerprint density at radius 2 is 2.13 bits per heavy atom. The minimum atomic E-state index is -2.51. The maximum Gasteiger partial charge on any atom is 0.263 e. The highest BCUT2D eigenvalue weighted by atomic mass is 19.3. The molecule has 1 aromatic rings. The second-order valence-electron chi connectivity index (χ2n) is 5.90. The summed E-state index contributed by atoms with van der Waals surface area (Å²) in [6.07, 6.45) is -0.543. The molecule has 0 aliphatic carbocycles. The van der Waals surface area contributed by atoms with Crippen molar-refractivity contribution in [3.05, 3.63) is 35.4 Å². The van der Waals surface area contributed by atoms with Gasteiger partial charge in [-0.3, -0.25) is 4.79 Å². The SMILES string of the molecule is COCCN1CCC(NC(=O)Cc2cccc(C(F)F)c2)CC1. The Labute approximate surface area is 135 Å². The molecular weight excluding hydrogens is 302 g/mol. The Kier molecular flexibility index (Phi) is 6.92. The summed E-state index contributed by atoms with van der Waals surface area (Å²) in [7, 11) is 1.69. The number of hydrogen-bond donors (Lipinski definition) is 1. The molecular formula is C17H24F2N2O2. The zero-order valence-corrected chi connectivity index (χ0v) is 13.4. The van der Waals surface area contributed by atoms with Gasteiger partial charge in [-0.05, 0) is 24.5 Å². The molecule has 0 spiro atoms. The standard InChI is InChI=1S/C17H24F2N2O2/c1-23-10-9-21-7-5-15(6-8-21)20-16(22)12-13-3-2-4-14(11-13)17(18)19/h2-4,11,15,17H,5-10,12H2,1H3,(H,20,22). The van der Waals surface area contributed by atoms with Crippen LogP contribution in [0.15, 0.2) is 24.3 Å². The highest BCUT2D eigenvalue weighted by Crippen LogP contribution is 2.19. The van der Waals surface area contributed by atoms with Crippen molar-refractivity contribution < 1.29 is 18.3 Å². The predicted octanol–water partition coefficient (Wildman–Crippen LogP) is 2.39. The van der Waals surface area contributed by atoms with Gasteiger partial charge >= 0.3 is 0 Å². The Morgan fingerprint density at radius 3 is 2.78 bits per heavy atom. The van der Waals surface area contributed by atoms with E-state index in [1.807, 2.05) is 0 Å². The van der Waals surface area contributed by atoms with Crippen LogP contribution >= 0.6 is 0 Å². The molecule has 1 aromatic carbocycles. The fraction of sp³-hybridized carbons (Fsp3) is 0.588. The number of alkyl halides is 2. The van der Waals surface area contributed by atoms with Crippen LogP contribution in [0.3, 0.4) is 0 Å². The molecule has 0 bridgehead atoms. The number of nitrogens with one attached hydrogen (secondary N) is 1. The summed E-state index contributed by atoms with van der Waals surface area (Å²) in [5.74, 6) is -0.105. The first-order valence-electron chi connectivity index (χ1n) is 7.96. The van der Waals surface area contributed by atoms with Crippen molar-refractivity contribution in [1.29, 1.82) is 0 Å². The van der Waals surface area contributed by atoms with Gasteiger partial charge in [0.2, 0.25) is 5.91 Å². The van der Waals surface area contributed by atoms with Crippen LogP contribution in [0, 0.1) is 0 Å². The van der Waals surface area contributed by atoms with Crippen molar-refractivity contribution in [2.75, 3.05) is 33.4 Å². The van der Waals surface area contributed by atoms with Crippen molar-refractivity contribution in [3.8, 4) is 0 Å². The lowest BCUT2D eigenvalue weighted by Gasteiger charge is -2.32. The van der Waals surface area contributed by atoms with Crippen molar-refractivity contribution >= 4 is 5.91 Å². The van der Waals surface area contributed by atoms with E-state index in [0.717, 1.165) is 39.1 Å². The number of halogens is 2. The van der Waals surface area contributed by atoms with E-state index < -0.39 is 6.43 Å². The van der Waals surface area contributed by atoms with Crippen LogP contribution in [0.25, 0.3) is 0 Å². The fourth-order valence-corrected chi connectivity index (χ4v) is 2.82. The minimum absolute atomic E-state index is 0.0400. The van der Waals surface area contributed by atoms with Gasteiger partial charge in [-0.2, -0.15) is 0 Å². The Morgan fingerprint density at radius 1 is 1.39 bits per heavy atom. The quantitative estimate of drug-likeness (QED) is 0.836. The number of piperidine rings is 1. The first kappa shape index (κ1) is 17.8. The molecule has 1 N–H and O–H groups in total. The van der Waals surface area contributed by atoms with Gasteiger partial charge in [0.15, 0.2) is 0 Å². The highest BCUT2D eigenvalue weighted by Gasteiger charge is 2.20. The number of rotatable bonds is 7. The molecule has 0 radical (unpaired) electrons. The number of ether oxygens (including phenoxy) is 1. The van der Waals surface area contributed by atoms with Gasteiger partial charge < -0.3 is 15.0 Å². The number of carbonyl (C=O) groups excluding carboxylic acids is 1. The molecule has 0 saturated carbocycles. The molecule has 0 atom stereocenters. The average molecular weight is 326 g/mol. The van der Waals surface area contributed by atoms with Gasteiger partial charge in [0, 0.05) is 38.3 Å². The molecule has 2 rings (SSSR count). The smallest absolute Gasteiger partial charge is 0.263 e. The van der Waals surface area contributed by atoms with Crippen LogP contribution in [-0.2, 0) is 16.0 Å². The molecule has 0 unspecified atom stereocenters. The van der Waals surface area contributed by atoms with Crippen molar-refractivity contribution in [3.63, 3.8) is 0 Å². The number of nitrogens with zero attached hydrogens (tertiary/aromatic N) is 1. The summed E-state index contributed by atoms with van der Waals surface area (Å²) < 4.78 is 30.4. The molecule has 1 heterocycles. The van der Waals surface area contributed by atoms with E-state index in [4.69, 9.17) is 4.74 Å². The maximum atomic E-state index is 12.7. The van der Waals surface area contributed by atoms with Gasteiger partial charge in [0.1, 0.15) is 0 Å². The van der Waals surface area contributed by atoms with E-state index in [0.29, 0.717) is 5.56 Å². The molecule has 1 amide bonds. The van der Waals surface area contributed by atoms with E-state index >= 15 is 0 Å². The molecule has 1 saturated heterocycles. The van der Waals surface area contributed by atoms with Crippen molar-refractivity contribution in [2.24, 2.45) is 0 Å². The molecule has 128 valence electrons. The Balaban J connectivity index is 1.76. The molecule has 4 nitrogen and oxygen atoms in total. The summed E-state index contributed by atoms with van der Waals surface area (Å²) in [6.45, 7) is 3.51. The normalized spacial score (nSPS) is 16.7. The first-order chi connectivity index (χ1) is 11.1. The number of carbonyl (C=O) groups is 1. The third-order valence-electron chi connectivity index (χ3n) is 4.13. The summed E-state index contributed by atoms with van der Waals surface area (Å²) in [5.41, 5.74) is 0.583. The number of methoxy groups -OCH3 is 1. The van der Waals surface area contributed by atoms with E-state index in [1.54, 1.807) is 19.2 Å². The number of hydrogen-bond acceptors (Lipinski definition) is 3. The summed E-state index contributed by atoms with van der Waals surface area (Å²) in [5, 5.41) is 3.01. The van der Waals surface area contributed by atoms with E-state index in [-0.39, 0.29) is 23.9 Å². The summed E-state index contributed by atoms with van der Waals surface area (Å²) in [4.78, 5) is 14.4. The molecule has 1 fully saturated rings. The lowest BCUT2D eigenvalue weighted by Crippen LogP contribution is -2.45. The van der Waals surface area contributed by atoms with Crippen molar-refractivity contribution in [2.45, 2.75) is 31.7 Å². The van der Waals surface area contributed by atoms with Gasteiger partial charge in [-0.1, -0.05) is 18.2 Å². The number of benzene rings is 1. The van der Waals surface area contributed by atoms with Crippen LogP contribution in [0.2, 0.25) is 0 Å². The number of likely N-dealkylation sites (tertiary alicyclic amines) is 1. The van der Waals surface area contributed by atoms with Crippen LogP contribution in [0.1, 0.15) is 30.4 Å². The summed E-state index contributed by atoms with van der Waals surface area (Å²) >= 11 is 0. The fourth-order valence-electron chi connectivity index (χ4n) is 2.82. The Bertz CT molecular complexity index is 503. The zero-order valence-electron chi connectivity index (χ0n) is 13.4. The number of amides is 1. The Hall–Kier alpha value is -1.53. The van der Waals surface area contributed by atoms with Gasteiger partial charge in [0.05, 0.1) is 13.0 Å². The molecule has 1 aliphatic heterocycles. The zero-order chi connectivity index (χ0) is 16.7. The maximum absolute atomic E-state index is 12.7. The van der Waals surface area contributed by atoms with E-state index in [1.165, 1.54) is 12.1 Å². The van der Waals surface area contributed by atoms with Gasteiger partial charge in [-0.25, -0.2) is 8.78 Å². The third-order valence-corrected chi connectivity index (χ3v) is 4.13. The van der Waals surface area contributed by atoms with Crippen LogP contribution < -0.4 is 5.32 Å². The van der Waals surface area contributed by atoms with Crippen LogP contribution in [-0.4, -0.2) is 50.2 Å². The minimum Gasteiger partial charge on any atom is -0.383 e. The predicted molar refractivity (Wildman–Crippen MR) is 84.6 cm³/mol. The monoisotopic (exact) mass is 326 g/mol. The lowest BCUT2D eigenvalue weighted by molar-refractivity contribution is -0.121. The van der Waals surface area contributed by atoms with Gasteiger partial charge in [0.25, 0.3) is 6.43 Å². The second kappa shape index (κ2) is 8.93. The second-order valence-corrected chi connectivity index (χ2v) is 5.90. The first-order valence-corrected chi connectivity index (χ1v) is 7.96. The lowest BCUT2D eigenvalue weighted by atomic mass is 10.0. The molecule has 6 heteroatoms.